The number of methoxy groups -OCH3 is 1. The van der Waals surface area contributed by atoms with Crippen LogP contribution in [0, 0.1) is 6.92 Å². The maximum absolute atomic E-state index is 13.0. The molecular formula is C30H25BrN2O4. The van der Waals surface area contributed by atoms with Crippen molar-refractivity contribution >= 4 is 44.7 Å². The lowest BCUT2D eigenvalue weighted by Crippen LogP contribution is -2.30. The Kier molecular flexibility index (Phi) is 6.97. The molecule has 7 heteroatoms. The predicted octanol–water partition coefficient (Wildman–Crippen LogP) is 6.59. The average Bonchev–Trinajstić information content (AvgIpc) is 3.16. The lowest BCUT2D eigenvalue weighted by atomic mass is 10.1. The summed E-state index contributed by atoms with van der Waals surface area (Å²) in [7, 11) is 1.56. The Morgan fingerprint density at radius 2 is 1.65 bits per heavy atom. The molecule has 0 radical (unpaired) electrons. The Labute approximate surface area is 223 Å². The fraction of sp³-hybridized carbons (Fsp3) is 0.133. The summed E-state index contributed by atoms with van der Waals surface area (Å²) in [6, 6.07) is 25.3. The molecule has 0 saturated carbocycles. The van der Waals surface area contributed by atoms with E-state index in [9.17, 15) is 9.59 Å². The minimum atomic E-state index is -0.446. The zero-order chi connectivity index (χ0) is 25.9. The standard InChI is InChI=1S/C30H25BrN2O4/c1-19-7-9-20(10-8-19)17-33-29(34)26(32-30(33)35)15-22-14-25(31)28(27(16-22)36-2)37-18-21-11-12-23-5-3-4-6-24(23)13-21/h3-16H,17-18H2,1-2H3,(H,32,35)/b26-15+. The third kappa shape index (κ3) is 5.37. The zero-order valence-corrected chi connectivity index (χ0v) is 22.0. The summed E-state index contributed by atoms with van der Waals surface area (Å²) in [6.07, 6.45) is 1.63. The quantitative estimate of drug-likeness (QED) is 0.206. The number of benzene rings is 4. The van der Waals surface area contributed by atoms with Gasteiger partial charge in [-0.25, -0.2) is 4.79 Å². The molecule has 3 amide bonds. The van der Waals surface area contributed by atoms with Gasteiger partial charge in [0, 0.05) is 0 Å². The normalized spacial score (nSPS) is 14.4. The van der Waals surface area contributed by atoms with E-state index in [0.29, 0.717) is 28.1 Å². The molecule has 1 saturated heterocycles. The smallest absolute Gasteiger partial charge is 0.329 e. The average molecular weight is 557 g/mol. The predicted molar refractivity (Wildman–Crippen MR) is 147 cm³/mol. The maximum atomic E-state index is 13.0. The molecule has 0 spiro atoms. The largest absolute Gasteiger partial charge is 0.493 e. The minimum absolute atomic E-state index is 0.205. The van der Waals surface area contributed by atoms with Gasteiger partial charge in [0.1, 0.15) is 12.3 Å². The Balaban J connectivity index is 1.33. The lowest BCUT2D eigenvalue weighted by Gasteiger charge is -2.14. The first-order chi connectivity index (χ1) is 17.9. The molecule has 4 aromatic carbocycles. The van der Waals surface area contributed by atoms with Gasteiger partial charge < -0.3 is 14.8 Å². The highest BCUT2D eigenvalue weighted by Crippen LogP contribution is 2.38. The van der Waals surface area contributed by atoms with E-state index in [1.165, 1.54) is 10.3 Å². The molecule has 37 heavy (non-hydrogen) atoms. The monoisotopic (exact) mass is 556 g/mol. The second-order valence-corrected chi connectivity index (χ2v) is 9.72. The van der Waals surface area contributed by atoms with Crippen LogP contribution in [-0.4, -0.2) is 23.9 Å². The van der Waals surface area contributed by atoms with E-state index >= 15 is 0 Å². The molecule has 1 N–H and O–H groups in total. The highest BCUT2D eigenvalue weighted by molar-refractivity contribution is 9.10. The van der Waals surface area contributed by atoms with Gasteiger partial charge in [0.2, 0.25) is 0 Å². The molecule has 0 aromatic heterocycles. The fourth-order valence-electron chi connectivity index (χ4n) is 4.21. The second kappa shape index (κ2) is 10.5. The number of urea groups is 1. The maximum Gasteiger partial charge on any atom is 0.329 e. The highest BCUT2D eigenvalue weighted by Gasteiger charge is 2.33. The van der Waals surface area contributed by atoms with Gasteiger partial charge in [-0.15, -0.1) is 0 Å². The van der Waals surface area contributed by atoms with Crippen molar-refractivity contribution in [2.75, 3.05) is 7.11 Å². The molecule has 0 bridgehead atoms. The van der Waals surface area contributed by atoms with Crippen LogP contribution < -0.4 is 14.8 Å². The van der Waals surface area contributed by atoms with E-state index in [1.54, 1.807) is 19.3 Å². The van der Waals surface area contributed by atoms with Gasteiger partial charge in [0.05, 0.1) is 18.1 Å². The van der Waals surface area contributed by atoms with Gasteiger partial charge in [-0.3, -0.25) is 9.69 Å². The first kappa shape index (κ1) is 24.6. The van der Waals surface area contributed by atoms with Crippen molar-refractivity contribution in [2.45, 2.75) is 20.1 Å². The molecule has 1 fully saturated rings. The Bertz CT molecular complexity index is 1530. The number of rotatable bonds is 7. The van der Waals surface area contributed by atoms with Gasteiger partial charge in [-0.1, -0.05) is 66.2 Å². The molecule has 0 unspecified atom stereocenters. The molecule has 186 valence electrons. The van der Waals surface area contributed by atoms with Crippen LogP contribution in [0.2, 0.25) is 0 Å². The van der Waals surface area contributed by atoms with Crippen LogP contribution >= 0.6 is 15.9 Å². The van der Waals surface area contributed by atoms with E-state index < -0.39 is 6.03 Å². The summed E-state index contributed by atoms with van der Waals surface area (Å²) in [5.74, 6) is 0.688. The van der Waals surface area contributed by atoms with E-state index in [2.05, 4.69) is 45.5 Å². The molecule has 0 aliphatic carbocycles. The third-order valence-electron chi connectivity index (χ3n) is 6.18. The third-order valence-corrected chi connectivity index (χ3v) is 6.77. The van der Waals surface area contributed by atoms with Crippen LogP contribution in [-0.2, 0) is 17.9 Å². The summed E-state index contributed by atoms with van der Waals surface area (Å²) in [6.45, 7) is 2.56. The SMILES string of the molecule is COc1cc(/C=C2/NC(=O)N(Cc3ccc(C)cc3)C2=O)cc(Br)c1OCc1ccc2ccccc2c1. The molecule has 6 nitrogen and oxygen atoms in total. The summed E-state index contributed by atoms with van der Waals surface area (Å²) >= 11 is 3.57. The number of ether oxygens (including phenoxy) is 2. The van der Waals surface area contributed by atoms with Crippen molar-refractivity contribution in [1.82, 2.24) is 10.2 Å². The number of hydrogen-bond donors (Lipinski definition) is 1. The zero-order valence-electron chi connectivity index (χ0n) is 20.5. The number of carbonyl (C=O) groups excluding carboxylic acids is 2. The summed E-state index contributed by atoms with van der Waals surface area (Å²) in [5.41, 5.74) is 3.92. The lowest BCUT2D eigenvalue weighted by molar-refractivity contribution is -0.123. The van der Waals surface area contributed by atoms with E-state index in [-0.39, 0.29) is 18.1 Å². The van der Waals surface area contributed by atoms with Crippen molar-refractivity contribution in [2.24, 2.45) is 0 Å². The number of nitrogens with one attached hydrogen (secondary N) is 1. The van der Waals surface area contributed by atoms with Crippen LogP contribution in [0.1, 0.15) is 22.3 Å². The first-order valence-corrected chi connectivity index (χ1v) is 12.6. The number of aryl methyl sites for hydroxylation is 1. The number of nitrogens with zero attached hydrogens (tertiary/aromatic N) is 1. The highest BCUT2D eigenvalue weighted by atomic mass is 79.9. The molecule has 1 aliphatic rings. The van der Waals surface area contributed by atoms with Crippen LogP contribution in [0.3, 0.4) is 0 Å². The molecular weight excluding hydrogens is 532 g/mol. The van der Waals surface area contributed by atoms with Crippen molar-refractivity contribution in [3.8, 4) is 11.5 Å². The van der Waals surface area contributed by atoms with Gasteiger partial charge in [0.15, 0.2) is 11.5 Å². The Morgan fingerprint density at radius 3 is 2.41 bits per heavy atom. The van der Waals surface area contributed by atoms with Crippen LogP contribution in [0.4, 0.5) is 4.79 Å². The van der Waals surface area contributed by atoms with Crippen molar-refractivity contribution < 1.29 is 19.1 Å². The van der Waals surface area contributed by atoms with E-state index in [4.69, 9.17) is 9.47 Å². The van der Waals surface area contributed by atoms with E-state index in [1.807, 2.05) is 55.5 Å². The molecule has 4 aromatic rings. The number of amides is 3. The van der Waals surface area contributed by atoms with Crippen molar-refractivity contribution in [1.29, 1.82) is 0 Å². The molecule has 1 aliphatic heterocycles. The number of hydrogen-bond acceptors (Lipinski definition) is 4. The first-order valence-electron chi connectivity index (χ1n) is 11.8. The minimum Gasteiger partial charge on any atom is -0.493 e. The van der Waals surface area contributed by atoms with Gasteiger partial charge >= 0.3 is 6.03 Å². The Hall–Kier alpha value is -4.10. The van der Waals surface area contributed by atoms with Crippen LogP contribution in [0.5, 0.6) is 11.5 Å². The number of carbonyl (C=O) groups is 2. The molecule has 5 rings (SSSR count). The van der Waals surface area contributed by atoms with Crippen molar-refractivity contribution in [3.05, 3.63) is 111 Å². The molecule has 1 heterocycles. The second-order valence-electron chi connectivity index (χ2n) is 8.87. The number of halogens is 1. The van der Waals surface area contributed by atoms with Crippen molar-refractivity contribution in [3.63, 3.8) is 0 Å². The number of imide groups is 1. The van der Waals surface area contributed by atoms with Gasteiger partial charge in [-0.2, -0.15) is 0 Å². The topological polar surface area (TPSA) is 67.9 Å². The van der Waals surface area contributed by atoms with Gasteiger partial charge in [0.25, 0.3) is 5.91 Å². The summed E-state index contributed by atoms with van der Waals surface area (Å²) < 4.78 is 12.4. The fourth-order valence-corrected chi connectivity index (χ4v) is 4.78. The summed E-state index contributed by atoms with van der Waals surface area (Å²) in [4.78, 5) is 26.7. The van der Waals surface area contributed by atoms with Gasteiger partial charge in [-0.05, 0) is 74.6 Å². The van der Waals surface area contributed by atoms with Crippen LogP contribution in [0.25, 0.3) is 16.8 Å². The van der Waals surface area contributed by atoms with E-state index in [0.717, 1.165) is 22.1 Å². The molecule has 0 atom stereocenters. The number of fused-ring (bicyclic) bond motifs is 1. The Morgan fingerprint density at radius 1 is 0.919 bits per heavy atom. The van der Waals surface area contributed by atoms with Crippen LogP contribution in [0.15, 0.2) is 89.0 Å². The summed E-state index contributed by atoms with van der Waals surface area (Å²) in [5, 5.41) is 5.00.